The molecule has 1 aliphatic heterocycles. The van der Waals surface area contributed by atoms with Gasteiger partial charge in [-0.25, -0.2) is 0 Å². The highest BCUT2D eigenvalue weighted by Gasteiger charge is 2.68. The number of ketones is 1. The van der Waals surface area contributed by atoms with Crippen LogP contribution < -0.4 is 0 Å². The van der Waals surface area contributed by atoms with Gasteiger partial charge in [0.1, 0.15) is 5.78 Å². The second kappa shape index (κ2) is 5.08. The van der Waals surface area contributed by atoms with Crippen molar-refractivity contribution < 1.29 is 15.0 Å². The van der Waals surface area contributed by atoms with Crippen LogP contribution in [0.3, 0.4) is 0 Å². The number of aliphatic hydroxyl groups excluding tert-OH is 1. The number of carbonyl (C=O) groups excluding carboxylic acids is 1. The van der Waals surface area contributed by atoms with Crippen molar-refractivity contribution in [2.45, 2.75) is 83.0 Å². The molecule has 3 unspecified atom stereocenters. The van der Waals surface area contributed by atoms with Crippen LogP contribution >= 0.6 is 0 Å². The first kappa shape index (κ1) is 16.7. The van der Waals surface area contributed by atoms with Crippen molar-refractivity contribution in [2.75, 3.05) is 13.1 Å². The summed E-state index contributed by atoms with van der Waals surface area (Å²) in [6.07, 6.45) is 6.83. The van der Waals surface area contributed by atoms with Crippen LogP contribution in [0.5, 0.6) is 0 Å². The zero-order chi connectivity index (χ0) is 17.6. The van der Waals surface area contributed by atoms with Gasteiger partial charge in [-0.2, -0.15) is 0 Å². The minimum absolute atomic E-state index is 0.107. The molecule has 0 aromatic rings. The SMILES string of the molecule is C[C@]12CC[C@H]3[C@@H](CC(N4CC4)C4(O)CC(O)CC[C@]34C)[C@@H]1CCC2=O. The van der Waals surface area contributed by atoms with Crippen molar-refractivity contribution in [1.29, 1.82) is 0 Å². The Morgan fingerprint density at radius 1 is 1.08 bits per heavy atom. The van der Waals surface area contributed by atoms with Gasteiger partial charge in [-0.05, 0) is 56.3 Å². The first-order chi connectivity index (χ1) is 11.8. The predicted molar refractivity (Wildman–Crippen MR) is 94.9 cm³/mol. The predicted octanol–water partition coefficient (Wildman–Crippen LogP) is 2.37. The lowest BCUT2D eigenvalue weighted by Crippen LogP contribution is -2.70. The summed E-state index contributed by atoms with van der Waals surface area (Å²) >= 11 is 0. The fourth-order valence-corrected chi connectivity index (χ4v) is 7.85. The summed E-state index contributed by atoms with van der Waals surface area (Å²) in [5, 5.41) is 22.3. The number of hydrogen-bond donors (Lipinski definition) is 2. The topological polar surface area (TPSA) is 60.5 Å². The molecule has 25 heavy (non-hydrogen) atoms. The second-order valence-corrected chi connectivity index (χ2v) is 10.3. The monoisotopic (exact) mass is 347 g/mol. The quantitative estimate of drug-likeness (QED) is 0.715. The number of hydrogen-bond acceptors (Lipinski definition) is 4. The van der Waals surface area contributed by atoms with E-state index < -0.39 is 5.60 Å². The van der Waals surface area contributed by atoms with Crippen molar-refractivity contribution in [3.63, 3.8) is 0 Å². The molecule has 8 atom stereocenters. The molecule has 0 aromatic carbocycles. The fourth-order valence-electron chi connectivity index (χ4n) is 7.85. The Bertz CT molecular complexity index is 604. The van der Waals surface area contributed by atoms with E-state index in [2.05, 4.69) is 18.7 Å². The zero-order valence-electron chi connectivity index (χ0n) is 15.7. The molecular weight excluding hydrogens is 314 g/mol. The van der Waals surface area contributed by atoms with Gasteiger partial charge in [-0.3, -0.25) is 9.69 Å². The minimum atomic E-state index is -0.765. The van der Waals surface area contributed by atoms with Crippen molar-refractivity contribution in [2.24, 2.45) is 28.6 Å². The first-order valence-corrected chi connectivity index (χ1v) is 10.5. The molecule has 140 valence electrons. The van der Waals surface area contributed by atoms with E-state index in [1.54, 1.807) is 0 Å². The van der Waals surface area contributed by atoms with E-state index in [1.165, 1.54) is 0 Å². The Kier molecular flexibility index (Phi) is 3.39. The van der Waals surface area contributed by atoms with Crippen LogP contribution in [0.4, 0.5) is 0 Å². The van der Waals surface area contributed by atoms with Crippen molar-refractivity contribution in [3.05, 3.63) is 0 Å². The number of nitrogens with zero attached hydrogens (tertiary/aromatic N) is 1. The number of aliphatic hydroxyl groups is 2. The third kappa shape index (κ3) is 2.02. The summed E-state index contributed by atoms with van der Waals surface area (Å²) in [4.78, 5) is 15.0. The van der Waals surface area contributed by atoms with Crippen LogP contribution in [0.15, 0.2) is 0 Å². The van der Waals surface area contributed by atoms with Crippen LogP contribution in [0.25, 0.3) is 0 Å². The highest BCUT2D eigenvalue weighted by atomic mass is 16.3. The first-order valence-electron chi connectivity index (χ1n) is 10.5. The molecule has 0 radical (unpaired) electrons. The number of fused-ring (bicyclic) bond motifs is 5. The lowest BCUT2D eigenvalue weighted by atomic mass is 9.42. The van der Waals surface area contributed by atoms with E-state index in [0.29, 0.717) is 30.0 Å². The van der Waals surface area contributed by atoms with Gasteiger partial charge < -0.3 is 10.2 Å². The van der Waals surface area contributed by atoms with Crippen LogP contribution in [0, 0.1) is 28.6 Å². The highest BCUT2D eigenvalue weighted by Crippen LogP contribution is 2.67. The van der Waals surface area contributed by atoms with Crippen LogP contribution in [0.2, 0.25) is 0 Å². The lowest BCUT2D eigenvalue weighted by Gasteiger charge is -2.66. The van der Waals surface area contributed by atoms with Gasteiger partial charge in [0, 0.05) is 42.8 Å². The molecule has 4 aliphatic carbocycles. The largest absolute Gasteiger partial charge is 0.393 e. The highest BCUT2D eigenvalue weighted by molar-refractivity contribution is 5.87. The summed E-state index contributed by atoms with van der Waals surface area (Å²) in [6, 6.07) is 0.173. The number of carbonyl (C=O) groups is 1. The van der Waals surface area contributed by atoms with E-state index in [4.69, 9.17) is 0 Å². The van der Waals surface area contributed by atoms with E-state index in [-0.39, 0.29) is 23.0 Å². The van der Waals surface area contributed by atoms with E-state index in [1.807, 2.05) is 0 Å². The third-order valence-electron chi connectivity index (χ3n) is 9.47. The molecule has 4 saturated carbocycles. The average molecular weight is 347 g/mol. The Morgan fingerprint density at radius 2 is 1.84 bits per heavy atom. The Labute approximate surface area is 151 Å². The smallest absolute Gasteiger partial charge is 0.139 e. The maximum absolute atomic E-state index is 12.6. The van der Waals surface area contributed by atoms with Gasteiger partial charge in [0.05, 0.1) is 11.7 Å². The van der Waals surface area contributed by atoms with Crippen molar-refractivity contribution >= 4 is 5.78 Å². The number of rotatable bonds is 1. The standard InChI is InChI=1S/C21H33NO3/c1-19-7-6-16-14(15(19)3-4-18(19)24)11-17(22-9-10-22)21(25)12-13(23)5-8-20(16,21)2/h13-17,23,25H,3-12H2,1-2H3/t13?,14-,15-,16-,17?,19-,20+,21?/m0/s1. The zero-order valence-corrected chi connectivity index (χ0v) is 15.7. The molecule has 2 N–H and O–H groups in total. The Hall–Kier alpha value is -0.450. The molecule has 5 rings (SSSR count). The molecular formula is C21H33NO3. The number of Topliss-reactive ketones (excluding diaryl/α,β-unsaturated/α-hetero) is 1. The lowest BCUT2D eigenvalue weighted by molar-refractivity contribution is -0.239. The molecule has 4 heteroatoms. The molecule has 1 heterocycles. The van der Waals surface area contributed by atoms with Crippen molar-refractivity contribution in [3.8, 4) is 0 Å². The Morgan fingerprint density at radius 3 is 2.56 bits per heavy atom. The van der Waals surface area contributed by atoms with Gasteiger partial charge in [-0.15, -0.1) is 0 Å². The summed E-state index contributed by atoms with van der Waals surface area (Å²) in [7, 11) is 0. The van der Waals surface area contributed by atoms with E-state index >= 15 is 0 Å². The normalized spacial score (nSPS) is 58.4. The van der Waals surface area contributed by atoms with Crippen LogP contribution in [-0.2, 0) is 4.79 Å². The molecule has 0 spiro atoms. The molecule has 0 aromatic heterocycles. The molecule has 1 saturated heterocycles. The molecule has 4 nitrogen and oxygen atoms in total. The Balaban J connectivity index is 1.56. The fraction of sp³-hybridized carbons (Fsp3) is 0.952. The molecule has 5 aliphatic rings. The summed E-state index contributed by atoms with van der Waals surface area (Å²) in [5.74, 6) is 2.07. The van der Waals surface area contributed by atoms with Crippen LogP contribution in [0.1, 0.15) is 65.2 Å². The maximum Gasteiger partial charge on any atom is 0.139 e. The van der Waals surface area contributed by atoms with Gasteiger partial charge in [0.2, 0.25) is 0 Å². The van der Waals surface area contributed by atoms with Gasteiger partial charge in [0.15, 0.2) is 0 Å². The summed E-state index contributed by atoms with van der Waals surface area (Å²) in [5.41, 5.74) is -0.987. The minimum Gasteiger partial charge on any atom is -0.393 e. The summed E-state index contributed by atoms with van der Waals surface area (Å²) < 4.78 is 0. The third-order valence-corrected chi connectivity index (χ3v) is 9.47. The van der Waals surface area contributed by atoms with Crippen LogP contribution in [-0.4, -0.2) is 51.7 Å². The second-order valence-electron chi connectivity index (χ2n) is 10.3. The van der Waals surface area contributed by atoms with Gasteiger partial charge >= 0.3 is 0 Å². The van der Waals surface area contributed by atoms with Crippen molar-refractivity contribution in [1.82, 2.24) is 4.90 Å². The molecule has 0 bridgehead atoms. The van der Waals surface area contributed by atoms with Gasteiger partial charge in [0.25, 0.3) is 0 Å². The average Bonchev–Trinajstić information content (AvgIpc) is 3.34. The summed E-state index contributed by atoms with van der Waals surface area (Å²) in [6.45, 7) is 6.70. The molecule has 5 fully saturated rings. The maximum atomic E-state index is 12.6. The van der Waals surface area contributed by atoms with E-state index in [9.17, 15) is 15.0 Å². The van der Waals surface area contributed by atoms with E-state index in [0.717, 1.165) is 58.0 Å². The molecule has 0 amide bonds. The van der Waals surface area contributed by atoms with Gasteiger partial charge in [-0.1, -0.05) is 13.8 Å².